The molecule has 1 rings (SSSR count). The summed E-state index contributed by atoms with van der Waals surface area (Å²) in [5.74, 6) is 0. The van der Waals surface area contributed by atoms with Gasteiger partial charge in [0.15, 0.2) is 6.29 Å². The molecule has 0 aliphatic heterocycles. The first-order valence-corrected chi connectivity index (χ1v) is 4.07. The van der Waals surface area contributed by atoms with Gasteiger partial charge in [-0.15, -0.1) is 0 Å². The van der Waals surface area contributed by atoms with E-state index in [2.05, 4.69) is 0 Å². The minimum absolute atomic E-state index is 0.000602. The maximum absolute atomic E-state index is 9.05. The van der Waals surface area contributed by atoms with E-state index in [1.54, 1.807) is 14.2 Å². The summed E-state index contributed by atoms with van der Waals surface area (Å²) in [6.07, 6.45) is -0.400. The molecule has 0 saturated carbocycles. The lowest BCUT2D eigenvalue weighted by atomic mass is 10.1. The van der Waals surface area contributed by atoms with Gasteiger partial charge in [-0.2, -0.15) is 0 Å². The smallest absolute Gasteiger partial charge is 0.183 e. The van der Waals surface area contributed by atoms with Crippen LogP contribution in [0.2, 0.25) is 0 Å². The lowest BCUT2D eigenvalue weighted by molar-refractivity contribution is -0.106. The van der Waals surface area contributed by atoms with Gasteiger partial charge in [0.05, 0.1) is 6.61 Å². The number of hydrogen-bond acceptors (Lipinski definition) is 3. The normalized spacial score (nSPS) is 10.8. The van der Waals surface area contributed by atoms with E-state index < -0.39 is 6.29 Å². The number of aliphatic hydroxyl groups excluding tert-OH is 1. The Kier molecular flexibility index (Phi) is 3.89. The average molecular weight is 182 g/mol. The number of rotatable bonds is 4. The summed E-state index contributed by atoms with van der Waals surface area (Å²) >= 11 is 0. The van der Waals surface area contributed by atoms with Gasteiger partial charge in [0, 0.05) is 19.8 Å². The van der Waals surface area contributed by atoms with Gasteiger partial charge < -0.3 is 14.6 Å². The van der Waals surface area contributed by atoms with Crippen LogP contribution in [0.1, 0.15) is 17.4 Å². The van der Waals surface area contributed by atoms with Gasteiger partial charge in [-0.05, 0) is 5.56 Å². The van der Waals surface area contributed by atoms with Crippen LogP contribution in [-0.2, 0) is 16.1 Å². The molecule has 0 fully saturated rings. The molecular weight excluding hydrogens is 168 g/mol. The third-order valence-corrected chi connectivity index (χ3v) is 1.91. The first-order chi connectivity index (χ1) is 6.33. The lowest BCUT2D eigenvalue weighted by Gasteiger charge is -2.16. The molecule has 0 bridgehead atoms. The van der Waals surface area contributed by atoms with E-state index >= 15 is 0 Å². The van der Waals surface area contributed by atoms with Gasteiger partial charge in [0.2, 0.25) is 0 Å². The van der Waals surface area contributed by atoms with Gasteiger partial charge >= 0.3 is 0 Å². The quantitative estimate of drug-likeness (QED) is 0.717. The van der Waals surface area contributed by atoms with Crippen LogP contribution in [0.15, 0.2) is 24.3 Å². The molecule has 0 saturated heterocycles. The average Bonchev–Trinajstić information content (AvgIpc) is 2.20. The van der Waals surface area contributed by atoms with Gasteiger partial charge in [0.1, 0.15) is 0 Å². The fourth-order valence-electron chi connectivity index (χ4n) is 1.26. The summed E-state index contributed by atoms with van der Waals surface area (Å²) < 4.78 is 10.2. The van der Waals surface area contributed by atoms with Crippen molar-refractivity contribution in [2.24, 2.45) is 0 Å². The van der Waals surface area contributed by atoms with Gasteiger partial charge in [-0.1, -0.05) is 24.3 Å². The van der Waals surface area contributed by atoms with E-state index in [0.29, 0.717) is 0 Å². The molecule has 3 nitrogen and oxygen atoms in total. The molecular formula is C10H14O3. The van der Waals surface area contributed by atoms with Crippen LogP contribution in [0, 0.1) is 0 Å². The Hall–Kier alpha value is -0.900. The van der Waals surface area contributed by atoms with Gasteiger partial charge in [0.25, 0.3) is 0 Å². The molecule has 0 amide bonds. The Balaban J connectivity index is 2.96. The summed E-state index contributed by atoms with van der Waals surface area (Å²) in [5, 5.41) is 9.05. The number of ether oxygens (including phenoxy) is 2. The molecule has 0 atom stereocenters. The van der Waals surface area contributed by atoms with Crippen LogP contribution in [-0.4, -0.2) is 19.3 Å². The number of methoxy groups -OCH3 is 2. The zero-order chi connectivity index (χ0) is 9.68. The van der Waals surface area contributed by atoms with E-state index in [1.807, 2.05) is 24.3 Å². The fraction of sp³-hybridized carbons (Fsp3) is 0.400. The molecule has 0 aliphatic carbocycles. The van der Waals surface area contributed by atoms with Crippen molar-refractivity contribution >= 4 is 0 Å². The van der Waals surface area contributed by atoms with E-state index in [1.165, 1.54) is 0 Å². The predicted octanol–water partition coefficient (Wildman–Crippen LogP) is 1.47. The Morgan fingerprint density at radius 1 is 1.23 bits per heavy atom. The predicted molar refractivity (Wildman–Crippen MR) is 49.1 cm³/mol. The minimum Gasteiger partial charge on any atom is -0.392 e. The van der Waals surface area contributed by atoms with Crippen LogP contribution < -0.4 is 0 Å². The van der Waals surface area contributed by atoms with Crippen LogP contribution in [0.5, 0.6) is 0 Å². The molecule has 0 unspecified atom stereocenters. The number of aliphatic hydroxyl groups is 1. The van der Waals surface area contributed by atoms with E-state index in [-0.39, 0.29) is 6.61 Å². The summed E-state index contributed by atoms with van der Waals surface area (Å²) in [6.45, 7) is -0.000602. The zero-order valence-corrected chi connectivity index (χ0v) is 7.86. The summed E-state index contributed by atoms with van der Waals surface area (Å²) in [6, 6.07) is 7.49. The summed E-state index contributed by atoms with van der Waals surface area (Å²) in [4.78, 5) is 0. The molecule has 1 aromatic rings. The zero-order valence-electron chi connectivity index (χ0n) is 7.86. The number of hydrogen-bond donors (Lipinski definition) is 1. The monoisotopic (exact) mass is 182 g/mol. The Morgan fingerprint density at radius 3 is 2.38 bits per heavy atom. The lowest BCUT2D eigenvalue weighted by Crippen LogP contribution is -2.06. The van der Waals surface area contributed by atoms with Crippen molar-refractivity contribution in [1.82, 2.24) is 0 Å². The third kappa shape index (κ3) is 2.28. The van der Waals surface area contributed by atoms with Crippen molar-refractivity contribution in [3.63, 3.8) is 0 Å². The second kappa shape index (κ2) is 4.97. The molecule has 0 radical (unpaired) electrons. The van der Waals surface area contributed by atoms with Crippen LogP contribution in [0.3, 0.4) is 0 Å². The Morgan fingerprint density at radius 2 is 1.85 bits per heavy atom. The van der Waals surface area contributed by atoms with Crippen LogP contribution >= 0.6 is 0 Å². The van der Waals surface area contributed by atoms with E-state index in [4.69, 9.17) is 14.6 Å². The number of benzene rings is 1. The second-order valence-corrected chi connectivity index (χ2v) is 2.66. The van der Waals surface area contributed by atoms with Crippen molar-refractivity contribution in [3.05, 3.63) is 35.4 Å². The van der Waals surface area contributed by atoms with Crippen molar-refractivity contribution in [1.29, 1.82) is 0 Å². The fourth-order valence-corrected chi connectivity index (χ4v) is 1.26. The molecule has 3 heteroatoms. The molecule has 72 valence electrons. The summed E-state index contributed by atoms with van der Waals surface area (Å²) in [7, 11) is 3.14. The largest absolute Gasteiger partial charge is 0.392 e. The van der Waals surface area contributed by atoms with Crippen LogP contribution in [0.4, 0.5) is 0 Å². The molecule has 13 heavy (non-hydrogen) atoms. The van der Waals surface area contributed by atoms with Crippen molar-refractivity contribution in [3.8, 4) is 0 Å². The van der Waals surface area contributed by atoms with E-state index in [9.17, 15) is 0 Å². The first-order valence-electron chi connectivity index (χ1n) is 4.07. The molecule has 0 spiro atoms. The van der Waals surface area contributed by atoms with E-state index in [0.717, 1.165) is 11.1 Å². The van der Waals surface area contributed by atoms with Crippen molar-refractivity contribution in [2.75, 3.05) is 14.2 Å². The minimum atomic E-state index is -0.400. The molecule has 0 heterocycles. The maximum atomic E-state index is 9.05. The SMILES string of the molecule is COC(OC)c1ccccc1CO. The van der Waals surface area contributed by atoms with Crippen molar-refractivity contribution in [2.45, 2.75) is 12.9 Å². The molecule has 0 aliphatic rings. The second-order valence-electron chi connectivity index (χ2n) is 2.66. The highest BCUT2D eigenvalue weighted by atomic mass is 16.7. The van der Waals surface area contributed by atoms with Crippen molar-refractivity contribution < 1.29 is 14.6 Å². The highest BCUT2D eigenvalue weighted by Crippen LogP contribution is 2.21. The Labute approximate surface area is 77.9 Å². The third-order valence-electron chi connectivity index (χ3n) is 1.91. The molecule has 0 aromatic heterocycles. The molecule has 1 aromatic carbocycles. The Bertz CT molecular complexity index is 256. The molecule has 1 N–H and O–H groups in total. The standard InChI is InChI=1S/C10H14O3/c1-12-10(13-2)9-6-4-3-5-8(9)7-11/h3-6,10-11H,7H2,1-2H3. The summed E-state index contributed by atoms with van der Waals surface area (Å²) in [5.41, 5.74) is 1.70. The van der Waals surface area contributed by atoms with Gasteiger partial charge in [-0.3, -0.25) is 0 Å². The highest BCUT2D eigenvalue weighted by Gasteiger charge is 2.11. The maximum Gasteiger partial charge on any atom is 0.183 e. The topological polar surface area (TPSA) is 38.7 Å². The highest BCUT2D eigenvalue weighted by molar-refractivity contribution is 5.27. The first kappa shape index (κ1) is 10.2. The van der Waals surface area contributed by atoms with Gasteiger partial charge in [-0.25, -0.2) is 0 Å². The van der Waals surface area contributed by atoms with Crippen LogP contribution in [0.25, 0.3) is 0 Å².